The van der Waals surface area contributed by atoms with Gasteiger partial charge in [0.15, 0.2) is 0 Å². The van der Waals surface area contributed by atoms with Crippen LogP contribution >= 0.6 is 11.8 Å². The predicted molar refractivity (Wildman–Crippen MR) is 71.6 cm³/mol. The smallest absolute Gasteiger partial charge is 0.00720 e. The van der Waals surface area contributed by atoms with Crippen molar-refractivity contribution in [1.82, 2.24) is 5.32 Å². The molecule has 1 N–H and O–H groups in total. The van der Waals surface area contributed by atoms with Crippen LogP contribution in [0.2, 0.25) is 0 Å². The summed E-state index contributed by atoms with van der Waals surface area (Å²) in [5.74, 6) is 4.61. The molecule has 90 valence electrons. The highest BCUT2D eigenvalue weighted by Gasteiger charge is 2.19. The Morgan fingerprint density at radius 2 is 1.93 bits per heavy atom. The predicted octanol–water partition coefficient (Wildman–Crippen LogP) is 3.54. The standard InChI is InChI=1S/C13H27NS/c1-4-14-13(9-11(2)3)10-12-5-7-15-8-6-12/h11-14H,4-10H2,1-3H3. The van der Waals surface area contributed by atoms with Crippen molar-refractivity contribution in [3.05, 3.63) is 0 Å². The van der Waals surface area contributed by atoms with E-state index >= 15 is 0 Å². The maximum absolute atomic E-state index is 3.65. The van der Waals surface area contributed by atoms with Gasteiger partial charge in [-0.05, 0) is 55.6 Å². The lowest BCUT2D eigenvalue weighted by atomic mass is 9.90. The summed E-state index contributed by atoms with van der Waals surface area (Å²) in [6.07, 6.45) is 5.65. The molecule has 1 atom stereocenters. The van der Waals surface area contributed by atoms with Crippen LogP contribution in [-0.2, 0) is 0 Å². The SMILES string of the molecule is CCNC(CC(C)C)CC1CCSCC1. The van der Waals surface area contributed by atoms with Gasteiger partial charge in [0.05, 0.1) is 0 Å². The molecular weight excluding hydrogens is 202 g/mol. The molecule has 1 rings (SSSR count). The van der Waals surface area contributed by atoms with Crippen LogP contribution in [0.4, 0.5) is 0 Å². The van der Waals surface area contributed by atoms with Gasteiger partial charge in [-0.2, -0.15) is 11.8 Å². The zero-order chi connectivity index (χ0) is 11.1. The van der Waals surface area contributed by atoms with Crippen molar-refractivity contribution >= 4 is 11.8 Å². The maximum atomic E-state index is 3.65. The molecule has 1 heterocycles. The first kappa shape index (κ1) is 13.4. The molecule has 1 unspecified atom stereocenters. The average molecular weight is 229 g/mol. The third kappa shape index (κ3) is 5.82. The van der Waals surface area contributed by atoms with E-state index in [1.165, 1.54) is 37.2 Å². The quantitative estimate of drug-likeness (QED) is 0.747. The molecule has 0 radical (unpaired) electrons. The van der Waals surface area contributed by atoms with Gasteiger partial charge in [-0.1, -0.05) is 20.8 Å². The van der Waals surface area contributed by atoms with E-state index in [1.54, 1.807) is 0 Å². The van der Waals surface area contributed by atoms with Gasteiger partial charge in [-0.15, -0.1) is 0 Å². The second-order valence-electron chi connectivity index (χ2n) is 5.18. The molecular formula is C13H27NS. The summed E-state index contributed by atoms with van der Waals surface area (Å²) in [5.41, 5.74) is 0. The summed E-state index contributed by atoms with van der Waals surface area (Å²) in [7, 11) is 0. The molecule has 0 aliphatic carbocycles. The van der Waals surface area contributed by atoms with E-state index in [-0.39, 0.29) is 0 Å². The van der Waals surface area contributed by atoms with Gasteiger partial charge in [0.1, 0.15) is 0 Å². The fourth-order valence-electron chi connectivity index (χ4n) is 2.51. The molecule has 0 aromatic heterocycles. The van der Waals surface area contributed by atoms with Crippen LogP contribution < -0.4 is 5.32 Å². The van der Waals surface area contributed by atoms with Gasteiger partial charge in [0, 0.05) is 6.04 Å². The second-order valence-corrected chi connectivity index (χ2v) is 6.40. The number of hydrogen-bond acceptors (Lipinski definition) is 2. The lowest BCUT2D eigenvalue weighted by Crippen LogP contribution is -2.33. The number of rotatable bonds is 6. The van der Waals surface area contributed by atoms with E-state index < -0.39 is 0 Å². The molecule has 15 heavy (non-hydrogen) atoms. The van der Waals surface area contributed by atoms with Crippen molar-refractivity contribution < 1.29 is 0 Å². The first-order valence-corrected chi connectivity index (χ1v) is 7.69. The first-order valence-electron chi connectivity index (χ1n) is 6.53. The first-order chi connectivity index (χ1) is 7.22. The third-order valence-corrected chi connectivity index (χ3v) is 4.26. The van der Waals surface area contributed by atoms with Gasteiger partial charge in [0.2, 0.25) is 0 Å². The summed E-state index contributed by atoms with van der Waals surface area (Å²) >= 11 is 2.13. The molecule has 1 aliphatic rings. The normalized spacial score (nSPS) is 20.8. The van der Waals surface area contributed by atoms with Crippen molar-refractivity contribution in [3.63, 3.8) is 0 Å². The highest BCUT2D eigenvalue weighted by atomic mass is 32.2. The highest BCUT2D eigenvalue weighted by molar-refractivity contribution is 7.99. The van der Waals surface area contributed by atoms with Gasteiger partial charge < -0.3 is 5.32 Å². The maximum Gasteiger partial charge on any atom is 0.00720 e. The zero-order valence-electron chi connectivity index (χ0n) is 10.6. The van der Waals surface area contributed by atoms with Crippen LogP contribution in [-0.4, -0.2) is 24.1 Å². The van der Waals surface area contributed by atoms with Gasteiger partial charge in [-0.25, -0.2) is 0 Å². The summed E-state index contributed by atoms with van der Waals surface area (Å²) in [6.45, 7) is 8.02. The van der Waals surface area contributed by atoms with E-state index in [0.717, 1.165) is 24.4 Å². The molecule has 0 aromatic carbocycles. The van der Waals surface area contributed by atoms with E-state index in [4.69, 9.17) is 0 Å². The molecule has 0 bridgehead atoms. The number of nitrogens with one attached hydrogen (secondary N) is 1. The largest absolute Gasteiger partial charge is 0.314 e. The molecule has 0 spiro atoms. The minimum Gasteiger partial charge on any atom is -0.314 e. The Morgan fingerprint density at radius 3 is 2.47 bits per heavy atom. The summed E-state index contributed by atoms with van der Waals surface area (Å²) in [4.78, 5) is 0. The van der Waals surface area contributed by atoms with Gasteiger partial charge in [0.25, 0.3) is 0 Å². The summed E-state index contributed by atoms with van der Waals surface area (Å²) in [5, 5.41) is 3.65. The topological polar surface area (TPSA) is 12.0 Å². The van der Waals surface area contributed by atoms with Crippen LogP contribution in [0, 0.1) is 11.8 Å². The molecule has 1 aliphatic heterocycles. The third-order valence-electron chi connectivity index (χ3n) is 3.21. The van der Waals surface area contributed by atoms with E-state index in [9.17, 15) is 0 Å². The molecule has 1 saturated heterocycles. The minimum atomic E-state index is 0.767. The average Bonchev–Trinajstić information content (AvgIpc) is 2.18. The van der Waals surface area contributed by atoms with Gasteiger partial charge in [-0.3, -0.25) is 0 Å². The van der Waals surface area contributed by atoms with Crippen LogP contribution in [0.3, 0.4) is 0 Å². The molecule has 0 saturated carbocycles. The Hall–Kier alpha value is 0.310. The molecule has 1 fully saturated rings. The Kier molecular flexibility index (Phi) is 6.74. The van der Waals surface area contributed by atoms with E-state index in [2.05, 4.69) is 37.8 Å². The highest BCUT2D eigenvalue weighted by Crippen LogP contribution is 2.27. The second kappa shape index (κ2) is 7.56. The van der Waals surface area contributed by atoms with Crippen LogP contribution in [0.25, 0.3) is 0 Å². The fourth-order valence-corrected chi connectivity index (χ4v) is 3.71. The lowest BCUT2D eigenvalue weighted by molar-refractivity contribution is 0.329. The lowest BCUT2D eigenvalue weighted by Gasteiger charge is -2.27. The Labute approximate surface area is 99.8 Å². The Morgan fingerprint density at radius 1 is 1.27 bits per heavy atom. The Bertz CT molecular complexity index is 153. The van der Waals surface area contributed by atoms with Crippen molar-refractivity contribution in [2.75, 3.05) is 18.1 Å². The fraction of sp³-hybridized carbons (Fsp3) is 1.00. The summed E-state index contributed by atoms with van der Waals surface area (Å²) < 4.78 is 0. The molecule has 0 amide bonds. The molecule has 1 nitrogen and oxygen atoms in total. The van der Waals surface area contributed by atoms with Gasteiger partial charge >= 0.3 is 0 Å². The minimum absolute atomic E-state index is 0.767. The Balaban J connectivity index is 2.28. The zero-order valence-corrected chi connectivity index (χ0v) is 11.4. The van der Waals surface area contributed by atoms with Crippen LogP contribution in [0.15, 0.2) is 0 Å². The molecule has 0 aromatic rings. The van der Waals surface area contributed by atoms with Crippen LogP contribution in [0.5, 0.6) is 0 Å². The van der Waals surface area contributed by atoms with Crippen molar-refractivity contribution in [2.24, 2.45) is 11.8 Å². The monoisotopic (exact) mass is 229 g/mol. The number of thioether (sulfide) groups is 1. The van der Waals surface area contributed by atoms with Crippen molar-refractivity contribution in [1.29, 1.82) is 0 Å². The van der Waals surface area contributed by atoms with E-state index in [1.807, 2.05) is 0 Å². The van der Waals surface area contributed by atoms with Crippen molar-refractivity contribution in [2.45, 2.75) is 52.5 Å². The van der Waals surface area contributed by atoms with Crippen LogP contribution in [0.1, 0.15) is 46.5 Å². The number of hydrogen-bond donors (Lipinski definition) is 1. The van der Waals surface area contributed by atoms with Crippen molar-refractivity contribution in [3.8, 4) is 0 Å². The summed E-state index contributed by atoms with van der Waals surface area (Å²) in [6, 6.07) is 0.767. The van der Waals surface area contributed by atoms with E-state index in [0.29, 0.717) is 0 Å². The molecule has 2 heteroatoms.